The van der Waals surface area contributed by atoms with Gasteiger partial charge in [0, 0.05) is 93.8 Å². The van der Waals surface area contributed by atoms with Gasteiger partial charge in [0.1, 0.15) is 48.4 Å². The van der Waals surface area contributed by atoms with E-state index in [0.29, 0.717) is 60.3 Å². The van der Waals surface area contributed by atoms with Gasteiger partial charge in [-0.2, -0.15) is 0 Å². The van der Waals surface area contributed by atoms with Gasteiger partial charge in [0.15, 0.2) is 5.60 Å². The maximum absolute atomic E-state index is 14.4. The molecule has 1 unspecified atom stereocenters. The number of rotatable bonds is 32. The van der Waals surface area contributed by atoms with Gasteiger partial charge in [0.2, 0.25) is 19.5 Å². The Morgan fingerprint density at radius 1 is 0.701 bits per heavy atom. The Bertz CT molecular complexity index is 3320. The predicted octanol–water partition coefficient (Wildman–Crippen LogP) is 5.47. The smallest absolute Gasteiger partial charge is 0.340 e. The summed E-state index contributed by atoms with van der Waals surface area (Å²) in [4.78, 5) is 117. The predicted molar refractivity (Wildman–Crippen MR) is 305 cm³/mol. The van der Waals surface area contributed by atoms with Crippen LogP contribution in [0.1, 0.15) is 102 Å². The molecule has 3 heterocycles. The highest BCUT2D eigenvalue weighted by Crippen LogP contribution is 2.58. The summed E-state index contributed by atoms with van der Waals surface area (Å²) in [6.45, 7) is 4.33. The summed E-state index contributed by atoms with van der Waals surface area (Å²) in [6.07, 6.45) is 5.73. The quantitative estimate of drug-likeness (QED) is 0.0135. The summed E-state index contributed by atoms with van der Waals surface area (Å²) in [5.41, 5.74) is 0.471. The lowest BCUT2D eigenvalue weighted by molar-refractivity contribution is -0.165. The molecule has 2 aliphatic rings. The van der Waals surface area contributed by atoms with Crippen LogP contribution in [-0.4, -0.2) is 153 Å². The second kappa shape index (κ2) is 31.3. The number of aromatic nitrogens is 3. The molecule has 0 fully saturated rings. The number of amides is 2. The van der Waals surface area contributed by atoms with Gasteiger partial charge in [0.25, 0.3) is 5.91 Å². The molecule has 27 nitrogen and oxygen atoms in total. The first-order valence-corrected chi connectivity index (χ1v) is 27.9. The van der Waals surface area contributed by atoms with Gasteiger partial charge in [-0.3, -0.25) is 43.3 Å². The van der Waals surface area contributed by atoms with E-state index in [-0.39, 0.29) is 83.3 Å². The van der Waals surface area contributed by atoms with Gasteiger partial charge in [-0.15, -0.1) is 16.7 Å². The van der Waals surface area contributed by atoms with E-state index in [9.17, 15) is 43.2 Å². The first kappa shape index (κ1) is 65.4. The minimum atomic E-state index is -1.74. The summed E-state index contributed by atoms with van der Waals surface area (Å²) < 4.78 is 61.8. The van der Waals surface area contributed by atoms with E-state index < -0.39 is 80.0 Å². The number of hydrogen-bond donors (Lipinski definition) is 2. The van der Waals surface area contributed by atoms with Crippen molar-refractivity contribution in [2.45, 2.75) is 78.6 Å². The van der Waals surface area contributed by atoms with E-state index in [4.69, 9.17) is 54.2 Å². The maximum Gasteiger partial charge on any atom is 0.340 e. The molecule has 0 saturated carbocycles. The summed E-state index contributed by atoms with van der Waals surface area (Å²) in [5.74, 6) is -5.10. The number of carbonyl (C=O) groups is 9. The second-order valence-corrected chi connectivity index (χ2v) is 20.1. The molecule has 2 amide bonds. The standard InChI is InChI=1S/C59H66ClN7O20/c1-36(68)80-34-82-54(73)32-66(33-55(74)83-35-81-37(2)69)49-17-11-40(25-52(49)77-6)57(75)62-41-12-14-46-44(26-41)58(76)87-59(46)47-15-13-43(84-38(3)70)27-51(47)86-56-45(50(85-39(4)71)18-16-48(56)59)30-65(5)28-42-29-67(64-63-42)31-53(72)61-20-22-79-24-23-78-21-10-8-7-9-19-60/h11-18,25-27,29H,7-10,19-24,28,30-35H2,1-6H3,(H,61,72)(H,62,75). The lowest BCUT2D eigenvalue weighted by Gasteiger charge is -2.38. The highest BCUT2D eigenvalue weighted by Gasteiger charge is 2.54. The third-order valence-corrected chi connectivity index (χ3v) is 13.3. The molecule has 1 spiro atoms. The zero-order chi connectivity index (χ0) is 62.6. The zero-order valence-electron chi connectivity index (χ0n) is 48.7. The number of halogens is 1. The van der Waals surface area contributed by atoms with E-state index in [2.05, 4.69) is 30.4 Å². The second-order valence-electron chi connectivity index (χ2n) is 19.7. The van der Waals surface area contributed by atoms with Crippen molar-refractivity contribution in [3.8, 4) is 28.7 Å². The lowest BCUT2D eigenvalue weighted by atomic mass is 9.77. The maximum atomic E-state index is 14.4. The number of ether oxygens (including phenoxy) is 11. The van der Waals surface area contributed by atoms with Crippen molar-refractivity contribution in [2.24, 2.45) is 0 Å². The first-order chi connectivity index (χ1) is 41.8. The molecule has 0 radical (unpaired) electrons. The van der Waals surface area contributed by atoms with Gasteiger partial charge in [-0.05, 0) is 74.5 Å². The number of nitrogens with zero attached hydrogens (tertiary/aromatic N) is 5. The molecule has 0 aliphatic carbocycles. The Morgan fingerprint density at radius 3 is 2.06 bits per heavy atom. The molecule has 28 heteroatoms. The summed E-state index contributed by atoms with van der Waals surface area (Å²) >= 11 is 5.72. The van der Waals surface area contributed by atoms with Gasteiger partial charge in [-0.1, -0.05) is 24.1 Å². The fourth-order valence-corrected chi connectivity index (χ4v) is 9.50. The molecule has 464 valence electrons. The lowest BCUT2D eigenvalue weighted by Crippen LogP contribution is -2.37. The number of anilines is 2. The van der Waals surface area contributed by atoms with Crippen molar-refractivity contribution in [3.05, 3.63) is 112 Å². The topological polar surface area (TPSA) is 316 Å². The van der Waals surface area contributed by atoms with Crippen molar-refractivity contribution in [1.29, 1.82) is 0 Å². The molecule has 7 rings (SSSR count). The highest BCUT2D eigenvalue weighted by atomic mass is 35.5. The molecule has 0 saturated heterocycles. The third-order valence-electron chi connectivity index (χ3n) is 13.0. The Labute approximate surface area is 504 Å². The van der Waals surface area contributed by atoms with E-state index in [0.717, 1.165) is 39.5 Å². The van der Waals surface area contributed by atoms with Crippen LogP contribution in [0.25, 0.3) is 0 Å². The molecule has 1 atom stereocenters. The molecule has 4 aromatic carbocycles. The van der Waals surface area contributed by atoms with Crippen LogP contribution in [0.3, 0.4) is 0 Å². The van der Waals surface area contributed by atoms with Crippen molar-refractivity contribution < 1.29 is 95.3 Å². The average Bonchev–Trinajstić information content (AvgIpc) is 1.65. The van der Waals surface area contributed by atoms with Crippen LogP contribution >= 0.6 is 11.6 Å². The van der Waals surface area contributed by atoms with E-state index in [1.54, 1.807) is 43.6 Å². The highest BCUT2D eigenvalue weighted by molar-refractivity contribution is 6.17. The number of methoxy groups -OCH3 is 1. The number of carbonyl (C=O) groups excluding carboxylic acids is 9. The number of benzene rings is 4. The normalized spacial score (nSPS) is 13.4. The number of nitrogens with one attached hydrogen (secondary N) is 2. The van der Waals surface area contributed by atoms with E-state index >= 15 is 0 Å². The monoisotopic (exact) mass is 1230 g/mol. The molecule has 0 bridgehead atoms. The minimum Gasteiger partial charge on any atom is -0.495 e. The van der Waals surface area contributed by atoms with E-state index in [1.165, 1.54) is 66.9 Å². The van der Waals surface area contributed by atoms with E-state index in [1.807, 2.05) is 4.90 Å². The number of fused-ring (bicyclic) bond motifs is 6. The Morgan fingerprint density at radius 2 is 1.38 bits per heavy atom. The van der Waals surface area contributed by atoms with Crippen LogP contribution in [0.2, 0.25) is 0 Å². The molecular formula is C59H66ClN7O20. The van der Waals surface area contributed by atoms with Crippen molar-refractivity contribution in [2.75, 3.05) is 89.9 Å². The SMILES string of the molecule is COc1cc(C(=O)Nc2ccc3c(c2)C(=O)OC32c3ccc(OC(C)=O)cc3Oc3c2ccc(OC(C)=O)c3CN(C)Cc2cn(CC(=O)NCCOCCOCCCCCCCl)nn2)ccc1N(CC(=O)OCOC(C)=O)CC(=O)OCOC(C)=O. The van der Waals surface area contributed by atoms with Crippen molar-refractivity contribution >= 4 is 76.6 Å². The Hall–Kier alpha value is -9.18. The molecular weight excluding hydrogens is 1160 g/mol. The summed E-state index contributed by atoms with van der Waals surface area (Å²) in [5, 5.41) is 14.0. The van der Waals surface area contributed by atoms with Crippen LogP contribution in [0, 0.1) is 0 Å². The molecule has 2 aliphatic heterocycles. The number of alkyl halides is 1. The van der Waals surface area contributed by atoms with Gasteiger partial charge in [0.05, 0.1) is 55.6 Å². The first-order valence-electron chi connectivity index (χ1n) is 27.4. The molecule has 1 aromatic heterocycles. The van der Waals surface area contributed by atoms with Gasteiger partial charge >= 0.3 is 41.8 Å². The third kappa shape index (κ3) is 17.9. The Kier molecular flexibility index (Phi) is 23.5. The van der Waals surface area contributed by atoms with Crippen LogP contribution in [0.5, 0.6) is 28.7 Å². The molecule has 5 aromatic rings. The number of esters is 7. The van der Waals surface area contributed by atoms with Crippen LogP contribution in [-0.2, 0) is 92.0 Å². The minimum absolute atomic E-state index is 0.0135. The Balaban J connectivity index is 1.10. The molecule has 2 N–H and O–H groups in total. The number of hydrogen-bond acceptors (Lipinski definition) is 24. The zero-order valence-corrected chi connectivity index (χ0v) is 49.5. The fraction of sp³-hybridized carbons (Fsp3) is 0.407. The van der Waals surface area contributed by atoms with Crippen molar-refractivity contribution in [1.82, 2.24) is 25.2 Å². The van der Waals surface area contributed by atoms with Gasteiger partial charge in [-0.25, -0.2) is 9.48 Å². The number of unbranched alkanes of at least 4 members (excludes halogenated alkanes) is 3. The van der Waals surface area contributed by atoms with Gasteiger partial charge < -0.3 is 67.6 Å². The average molecular weight is 1230 g/mol. The molecule has 87 heavy (non-hydrogen) atoms. The van der Waals surface area contributed by atoms with Crippen molar-refractivity contribution in [3.63, 3.8) is 0 Å². The summed E-state index contributed by atoms with van der Waals surface area (Å²) in [7, 11) is 3.06. The summed E-state index contributed by atoms with van der Waals surface area (Å²) in [6, 6.07) is 16.4. The van der Waals surface area contributed by atoms with Crippen LogP contribution in [0.15, 0.2) is 72.9 Å². The van der Waals surface area contributed by atoms with Crippen LogP contribution < -0.4 is 34.5 Å². The largest absolute Gasteiger partial charge is 0.495 e. The van der Waals surface area contributed by atoms with Crippen LogP contribution in [0.4, 0.5) is 11.4 Å². The fourth-order valence-electron chi connectivity index (χ4n) is 9.31.